The number of hydrogen-bond acceptors (Lipinski definition) is 7. The summed E-state index contributed by atoms with van der Waals surface area (Å²) in [6.45, 7) is 0.513. The lowest BCUT2D eigenvalue weighted by Gasteiger charge is -2.38. The third-order valence-corrected chi connectivity index (χ3v) is 5.15. The standard InChI is InChI=1S/C16H15ClF3N3O5/c1-27-14(24)11-8-15(28-21-11)2-4-22(5-3-15)12-7-10(17)9(16(18,19)20)6-13(12)23(25)26/h6-7H,2-5,8H2,1H3. The van der Waals surface area contributed by atoms with E-state index in [0.717, 1.165) is 6.07 Å². The number of rotatable bonds is 3. The van der Waals surface area contributed by atoms with Gasteiger partial charge in [0.05, 0.1) is 22.6 Å². The van der Waals surface area contributed by atoms with Crippen molar-refractivity contribution in [3.8, 4) is 0 Å². The molecule has 1 saturated heterocycles. The lowest BCUT2D eigenvalue weighted by atomic mass is 9.86. The Hall–Kier alpha value is -2.56. The maximum atomic E-state index is 13.0. The first-order valence-corrected chi connectivity index (χ1v) is 8.57. The Bertz CT molecular complexity index is 851. The maximum Gasteiger partial charge on any atom is 0.418 e. The molecule has 1 aromatic rings. The zero-order valence-corrected chi connectivity index (χ0v) is 15.3. The second-order valence-corrected chi connectivity index (χ2v) is 6.95. The van der Waals surface area contributed by atoms with Crippen molar-refractivity contribution in [2.75, 3.05) is 25.1 Å². The molecule has 152 valence electrons. The molecule has 0 unspecified atom stereocenters. The average Bonchev–Trinajstić information content (AvgIpc) is 3.04. The Kier molecular flexibility index (Phi) is 5.13. The van der Waals surface area contributed by atoms with E-state index in [0.29, 0.717) is 18.9 Å². The van der Waals surface area contributed by atoms with Gasteiger partial charge in [-0.05, 0) is 6.07 Å². The topological polar surface area (TPSA) is 94.3 Å². The number of hydrogen-bond donors (Lipinski definition) is 0. The van der Waals surface area contributed by atoms with Crippen molar-refractivity contribution < 1.29 is 32.5 Å². The maximum absolute atomic E-state index is 13.0. The van der Waals surface area contributed by atoms with Crippen molar-refractivity contribution >= 4 is 34.7 Å². The number of esters is 1. The fraction of sp³-hybridized carbons (Fsp3) is 0.500. The summed E-state index contributed by atoms with van der Waals surface area (Å²) in [6, 6.07) is 1.42. The van der Waals surface area contributed by atoms with Crippen LogP contribution < -0.4 is 4.90 Å². The van der Waals surface area contributed by atoms with Crippen molar-refractivity contribution in [2.45, 2.75) is 31.0 Å². The van der Waals surface area contributed by atoms with Crippen LogP contribution in [0.4, 0.5) is 24.5 Å². The zero-order valence-electron chi connectivity index (χ0n) is 14.6. The molecule has 12 heteroatoms. The van der Waals surface area contributed by atoms with Gasteiger partial charge in [0.25, 0.3) is 5.69 Å². The molecule has 3 rings (SSSR count). The first kappa shape index (κ1) is 20.2. The molecule has 0 amide bonds. The predicted molar refractivity (Wildman–Crippen MR) is 92.4 cm³/mol. The lowest BCUT2D eigenvalue weighted by molar-refractivity contribution is -0.384. The Morgan fingerprint density at radius 2 is 2.04 bits per heavy atom. The molecule has 0 aliphatic carbocycles. The summed E-state index contributed by atoms with van der Waals surface area (Å²) in [7, 11) is 1.23. The normalized spacial score (nSPS) is 18.6. The number of nitrogens with zero attached hydrogens (tertiary/aromatic N) is 3. The Morgan fingerprint density at radius 3 is 2.57 bits per heavy atom. The lowest BCUT2D eigenvalue weighted by Crippen LogP contribution is -2.45. The number of anilines is 1. The molecule has 28 heavy (non-hydrogen) atoms. The van der Waals surface area contributed by atoms with Crippen LogP contribution in [0, 0.1) is 10.1 Å². The molecule has 1 fully saturated rings. The van der Waals surface area contributed by atoms with Crippen LogP contribution in [-0.4, -0.2) is 42.4 Å². The van der Waals surface area contributed by atoms with Crippen LogP contribution >= 0.6 is 11.6 Å². The second kappa shape index (κ2) is 7.12. The molecule has 2 heterocycles. The summed E-state index contributed by atoms with van der Waals surface area (Å²) in [5, 5.41) is 14.5. The summed E-state index contributed by atoms with van der Waals surface area (Å²) in [5.74, 6) is -0.593. The van der Waals surface area contributed by atoms with Crippen LogP contribution in [0.5, 0.6) is 0 Å². The summed E-state index contributed by atoms with van der Waals surface area (Å²) < 4.78 is 43.6. The molecule has 0 radical (unpaired) electrons. The SMILES string of the molecule is COC(=O)C1=NOC2(CCN(c3cc(Cl)c(C(F)(F)F)cc3[N+](=O)[O-])CC2)C1. The summed E-state index contributed by atoms with van der Waals surface area (Å²) in [4.78, 5) is 29.0. The van der Waals surface area contributed by atoms with E-state index >= 15 is 0 Å². The van der Waals surface area contributed by atoms with Gasteiger partial charge in [-0.1, -0.05) is 16.8 Å². The van der Waals surface area contributed by atoms with Gasteiger partial charge in [0.1, 0.15) is 11.3 Å². The molecular formula is C16H15ClF3N3O5. The molecule has 8 nitrogen and oxygen atoms in total. The number of nitro benzene ring substituents is 1. The number of benzene rings is 1. The minimum atomic E-state index is -4.80. The van der Waals surface area contributed by atoms with E-state index in [4.69, 9.17) is 16.4 Å². The predicted octanol–water partition coefficient (Wildman–Crippen LogP) is 3.56. The van der Waals surface area contributed by atoms with E-state index in [1.807, 2.05) is 0 Å². The molecular weight excluding hydrogens is 407 g/mol. The van der Waals surface area contributed by atoms with Crippen molar-refractivity contribution in [2.24, 2.45) is 5.16 Å². The molecule has 0 bridgehead atoms. The Morgan fingerprint density at radius 1 is 1.39 bits per heavy atom. The van der Waals surface area contributed by atoms with Crippen LogP contribution in [0.3, 0.4) is 0 Å². The number of piperidine rings is 1. The number of carbonyl (C=O) groups is 1. The van der Waals surface area contributed by atoms with Crippen molar-refractivity contribution in [3.63, 3.8) is 0 Å². The number of ether oxygens (including phenoxy) is 1. The van der Waals surface area contributed by atoms with Gasteiger partial charge in [-0.25, -0.2) is 4.79 Å². The summed E-state index contributed by atoms with van der Waals surface area (Å²) >= 11 is 5.74. The summed E-state index contributed by atoms with van der Waals surface area (Å²) in [6.07, 6.45) is -3.82. The molecule has 0 N–H and O–H groups in total. The number of oxime groups is 1. The number of methoxy groups -OCH3 is 1. The van der Waals surface area contributed by atoms with Gasteiger partial charge in [0, 0.05) is 38.4 Å². The van der Waals surface area contributed by atoms with Crippen LogP contribution in [0.1, 0.15) is 24.8 Å². The number of nitro groups is 1. The molecule has 0 atom stereocenters. The van der Waals surface area contributed by atoms with E-state index < -0.39 is 38.9 Å². The van der Waals surface area contributed by atoms with Gasteiger partial charge >= 0.3 is 12.1 Å². The highest BCUT2D eigenvalue weighted by Crippen LogP contribution is 2.43. The van der Waals surface area contributed by atoms with Crippen molar-refractivity contribution in [1.29, 1.82) is 0 Å². The Labute approximate surface area is 162 Å². The fourth-order valence-electron chi connectivity index (χ4n) is 3.34. The third-order valence-electron chi connectivity index (χ3n) is 4.84. The van der Waals surface area contributed by atoms with Crippen molar-refractivity contribution in [1.82, 2.24) is 0 Å². The first-order valence-electron chi connectivity index (χ1n) is 8.20. The monoisotopic (exact) mass is 421 g/mol. The number of alkyl halides is 3. The molecule has 1 spiro atoms. The average molecular weight is 422 g/mol. The highest BCUT2D eigenvalue weighted by atomic mass is 35.5. The van der Waals surface area contributed by atoms with Gasteiger partial charge in [0.15, 0.2) is 5.71 Å². The van der Waals surface area contributed by atoms with E-state index in [1.54, 1.807) is 4.90 Å². The van der Waals surface area contributed by atoms with Gasteiger partial charge < -0.3 is 14.5 Å². The number of carbonyl (C=O) groups excluding carboxylic acids is 1. The quantitative estimate of drug-likeness (QED) is 0.421. The second-order valence-electron chi connectivity index (χ2n) is 6.54. The molecule has 1 aromatic carbocycles. The summed E-state index contributed by atoms with van der Waals surface area (Å²) in [5.41, 5.74) is -2.51. The van der Waals surface area contributed by atoms with Gasteiger partial charge in [-0.15, -0.1) is 0 Å². The fourth-order valence-corrected chi connectivity index (χ4v) is 3.61. The smallest absolute Gasteiger partial charge is 0.418 e. The van der Waals surface area contributed by atoms with Gasteiger partial charge in [-0.3, -0.25) is 10.1 Å². The van der Waals surface area contributed by atoms with Crippen molar-refractivity contribution in [3.05, 3.63) is 32.8 Å². The number of halogens is 4. The van der Waals surface area contributed by atoms with E-state index in [-0.39, 0.29) is 30.9 Å². The molecule has 0 saturated carbocycles. The van der Waals surface area contributed by atoms with E-state index in [9.17, 15) is 28.1 Å². The highest BCUT2D eigenvalue weighted by molar-refractivity contribution is 6.36. The zero-order chi connectivity index (χ0) is 20.7. The van der Waals surface area contributed by atoms with Crippen LogP contribution in [-0.2, 0) is 20.5 Å². The van der Waals surface area contributed by atoms with Gasteiger partial charge in [0.2, 0.25) is 0 Å². The minimum Gasteiger partial charge on any atom is -0.464 e. The van der Waals surface area contributed by atoms with E-state index in [1.165, 1.54) is 7.11 Å². The van der Waals surface area contributed by atoms with E-state index in [2.05, 4.69) is 9.89 Å². The largest absolute Gasteiger partial charge is 0.464 e. The van der Waals surface area contributed by atoms with Crippen LogP contribution in [0.15, 0.2) is 17.3 Å². The molecule has 0 aromatic heterocycles. The Balaban J connectivity index is 1.80. The molecule has 2 aliphatic heterocycles. The van der Waals surface area contributed by atoms with Gasteiger partial charge in [-0.2, -0.15) is 13.2 Å². The third kappa shape index (κ3) is 3.71. The first-order chi connectivity index (χ1) is 13.1. The van der Waals surface area contributed by atoms with Crippen LogP contribution in [0.2, 0.25) is 5.02 Å². The molecule has 2 aliphatic rings. The van der Waals surface area contributed by atoms with Crippen LogP contribution in [0.25, 0.3) is 0 Å². The minimum absolute atomic E-state index is 0.00459. The highest BCUT2D eigenvalue weighted by Gasteiger charge is 2.45.